The lowest BCUT2D eigenvalue weighted by Gasteiger charge is -2.05. The van der Waals surface area contributed by atoms with Gasteiger partial charge in [0.1, 0.15) is 5.69 Å². The molecule has 0 spiro atoms. The summed E-state index contributed by atoms with van der Waals surface area (Å²) < 4.78 is 5.64. The molecule has 0 saturated carbocycles. The molecule has 0 bridgehead atoms. The Hall–Kier alpha value is -1.89. The first kappa shape index (κ1) is 14.5. The fraction of sp³-hybridized carbons (Fsp3) is 0.308. The molecule has 0 unspecified atom stereocenters. The van der Waals surface area contributed by atoms with Gasteiger partial charge in [-0.1, -0.05) is 34.9 Å². The van der Waals surface area contributed by atoms with Gasteiger partial charge in [-0.25, -0.2) is 0 Å². The number of benzene rings is 1. The summed E-state index contributed by atoms with van der Waals surface area (Å²) >= 11 is 3.27. The number of nitro benzene ring substituents is 1. The summed E-state index contributed by atoms with van der Waals surface area (Å²) in [6.07, 6.45) is 0.699. The average molecular weight is 340 g/mol. The number of rotatable bonds is 4. The van der Waals surface area contributed by atoms with Gasteiger partial charge in [-0.15, -0.1) is 0 Å². The fourth-order valence-corrected chi connectivity index (χ4v) is 2.45. The minimum Gasteiger partial charge on any atom is -0.367 e. The molecule has 2 rings (SSSR count). The lowest BCUT2D eigenvalue weighted by molar-refractivity contribution is -0.384. The van der Waals surface area contributed by atoms with Crippen LogP contribution in [0.5, 0.6) is 0 Å². The highest BCUT2D eigenvalue weighted by molar-refractivity contribution is 9.10. The van der Waals surface area contributed by atoms with Gasteiger partial charge in [0, 0.05) is 27.7 Å². The molecule has 1 aromatic carbocycles. The number of halogens is 1. The minimum atomic E-state index is -0.445. The van der Waals surface area contributed by atoms with Crippen molar-refractivity contribution in [1.82, 2.24) is 5.16 Å². The number of hydrogen-bond acceptors (Lipinski definition) is 5. The molecule has 0 aliphatic rings. The molecule has 0 fully saturated rings. The maximum absolute atomic E-state index is 10.9. The molecule has 0 radical (unpaired) electrons. The van der Waals surface area contributed by atoms with Crippen molar-refractivity contribution >= 4 is 27.5 Å². The molecular weight excluding hydrogens is 326 g/mol. The zero-order valence-corrected chi connectivity index (χ0v) is 12.7. The second-order valence-electron chi connectivity index (χ2n) is 4.93. The predicted octanol–water partition coefficient (Wildman–Crippen LogP) is 3.79. The highest BCUT2D eigenvalue weighted by Gasteiger charge is 2.19. The van der Waals surface area contributed by atoms with Crippen LogP contribution in [0, 0.1) is 16.0 Å². The Kier molecular flexibility index (Phi) is 4.08. The summed E-state index contributed by atoms with van der Waals surface area (Å²) in [6, 6.07) is 4.66. The first-order valence-electron chi connectivity index (χ1n) is 6.08. The van der Waals surface area contributed by atoms with Crippen LogP contribution in [0.1, 0.15) is 19.4 Å². The molecule has 106 valence electrons. The van der Waals surface area contributed by atoms with Crippen molar-refractivity contribution in [2.75, 3.05) is 5.73 Å². The van der Waals surface area contributed by atoms with Gasteiger partial charge in [-0.2, -0.15) is 0 Å². The van der Waals surface area contributed by atoms with E-state index >= 15 is 0 Å². The van der Waals surface area contributed by atoms with Crippen molar-refractivity contribution in [1.29, 1.82) is 0 Å². The topological polar surface area (TPSA) is 95.2 Å². The lowest BCUT2D eigenvalue weighted by Crippen LogP contribution is -1.99. The molecule has 1 aromatic heterocycles. The van der Waals surface area contributed by atoms with Crippen LogP contribution in [0.25, 0.3) is 11.3 Å². The zero-order valence-electron chi connectivity index (χ0n) is 11.1. The molecule has 0 amide bonds. The van der Waals surface area contributed by atoms with E-state index in [1.54, 1.807) is 6.07 Å². The third kappa shape index (κ3) is 2.98. The summed E-state index contributed by atoms with van der Waals surface area (Å²) in [5, 5.41) is 14.9. The van der Waals surface area contributed by atoms with Gasteiger partial charge >= 0.3 is 0 Å². The van der Waals surface area contributed by atoms with Crippen LogP contribution >= 0.6 is 15.9 Å². The molecule has 2 N–H and O–H groups in total. The van der Waals surface area contributed by atoms with E-state index in [1.807, 2.05) is 0 Å². The zero-order chi connectivity index (χ0) is 14.9. The Bertz CT molecular complexity index is 652. The molecule has 2 aromatic rings. The second-order valence-corrected chi connectivity index (χ2v) is 5.84. The van der Waals surface area contributed by atoms with Gasteiger partial charge < -0.3 is 10.3 Å². The standard InChI is InChI=1S/C13H14BrN3O3/c1-7(2)3-11-12(16-20-13(11)15)8-4-9(14)6-10(5-8)17(18)19/h4-7H,3,15H2,1-2H3. The smallest absolute Gasteiger partial charge is 0.271 e. The minimum absolute atomic E-state index is 0.00792. The van der Waals surface area contributed by atoms with Crippen LogP contribution in [0.2, 0.25) is 0 Å². The van der Waals surface area contributed by atoms with Gasteiger partial charge in [0.25, 0.3) is 5.69 Å². The first-order chi connectivity index (χ1) is 9.38. The Morgan fingerprint density at radius 2 is 2.15 bits per heavy atom. The quantitative estimate of drug-likeness (QED) is 0.675. The van der Waals surface area contributed by atoms with E-state index in [2.05, 4.69) is 34.9 Å². The molecule has 0 aliphatic heterocycles. The maximum Gasteiger partial charge on any atom is 0.271 e. The van der Waals surface area contributed by atoms with Gasteiger partial charge in [-0.05, 0) is 18.4 Å². The van der Waals surface area contributed by atoms with E-state index in [0.29, 0.717) is 28.1 Å². The SMILES string of the molecule is CC(C)Cc1c(-c2cc(Br)cc([N+](=O)[O-])c2)noc1N. The van der Waals surface area contributed by atoms with Crippen LogP contribution in [0.3, 0.4) is 0 Å². The fourth-order valence-electron chi connectivity index (χ4n) is 1.97. The lowest BCUT2D eigenvalue weighted by atomic mass is 9.99. The molecule has 0 aliphatic carbocycles. The van der Waals surface area contributed by atoms with E-state index in [4.69, 9.17) is 10.3 Å². The van der Waals surface area contributed by atoms with E-state index < -0.39 is 4.92 Å². The molecular formula is C13H14BrN3O3. The van der Waals surface area contributed by atoms with Gasteiger partial charge in [0.15, 0.2) is 0 Å². The van der Waals surface area contributed by atoms with Gasteiger partial charge in [-0.3, -0.25) is 10.1 Å². The summed E-state index contributed by atoms with van der Waals surface area (Å²) in [5.41, 5.74) is 7.73. The Morgan fingerprint density at radius 1 is 1.45 bits per heavy atom. The largest absolute Gasteiger partial charge is 0.367 e. The maximum atomic E-state index is 10.9. The van der Waals surface area contributed by atoms with Crippen molar-refractivity contribution in [2.45, 2.75) is 20.3 Å². The highest BCUT2D eigenvalue weighted by Crippen LogP contribution is 2.33. The summed E-state index contributed by atoms with van der Waals surface area (Å²) in [7, 11) is 0. The number of anilines is 1. The summed E-state index contributed by atoms with van der Waals surface area (Å²) in [4.78, 5) is 10.5. The number of non-ortho nitro benzene ring substituents is 1. The first-order valence-corrected chi connectivity index (χ1v) is 6.87. The number of hydrogen-bond donors (Lipinski definition) is 1. The van der Waals surface area contributed by atoms with E-state index in [1.165, 1.54) is 12.1 Å². The summed E-state index contributed by atoms with van der Waals surface area (Å²) in [5.74, 6) is 0.633. The summed E-state index contributed by atoms with van der Waals surface area (Å²) in [6.45, 7) is 4.11. The molecule has 0 atom stereocenters. The Balaban J connectivity index is 2.54. The van der Waals surface area contributed by atoms with Gasteiger partial charge in [0.2, 0.25) is 5.88 Å². The Morgan fingerprint density at radius 3 is 2.75 bits per heavy atom. The predicted molar refractivity (Wildman–Crippen MR) is 79.2 cm³/mol. The third-order valence-electron chi connectivity index (χ3n) is 2.80. The van der Waals surface area contributed by atoms with E-state index in [-0.39, 0.29) is 11.6 Å². The number of nitrogens with zero attached hydrogens (tertiary/aromatic N) is 2. The molecule has 0 saturated heterocycles. The van der Waals surface area contributed by atoms with Gasteiger partial charge in [0.05, 0.1) is 4.92 Å². The van der Waals surface area contributed by atoms with Crippen molar-refractivity contribution < 1.29 is 9.45 Å². The van der Waals surface area contributed by atoms with E-state index in [9.17, 15) is 10.1 Å². The Labute approximate surface area is 124 Å². The average Bonchev–Trinajstić information content (AvgIpc) is 2.69. The number of aromatic nitrogens is 1. The number of nitro groups is 1. The number of nitrogens with two attached hydrogens (primary N) is 1. The molecule has 20 heavy (non-hydrogen) atoms. The molecule has 7 heteroatoms. The van der Waals surface area contributed by atoms with Crippen LogP contribution in [-0.2, 0) is 6.42 Å². The van der Waals surface area contributed by atoms with E-state index in [0.717, 1.165) is 5.56 Å². The second kappa shape index (κ2) is 5.62. The number of nitrogen functional groups attached to an aromatic ring is 1. The van der Waals surface area contributed by atoms with Crippen LogP contribution in [0.4, 0.5) is 11.6 Å². The normalized spacial score (nSPS) is 11.0. The van der Waals surface area contributed by atoms with Crippen molar-refractivity contribution in [3.8, 4) is 11.3 Å². The molecule has 1 heterocycles. The van der Waals surface area contributed by atoms with Crippen molar-refractivity contribution in [2.24, 2.45) is 5.92 Å². The monoisotopic (exact) mass is 339 g/mol. The molecule has 6 nitrogen and oxygen atoms in total. The van der Waals surface area contributed by atoms with Crippen LogP contribution in [-0.4, -0.2) is 10.1 Å². The van der Waals surface area contributed by atoms with Crippen molar-refractivity contribution in [3.63, 3.8) is 0 Å². The third-order valence-corrected chi connectivity index (χ3v) is 3.26. The van der Waals surface area contributed by atoms with Crippen LogP contribution < -0.4 is 5.73 Å². The van der Waals surface area contributed by atoms with Crippen molar-refractivity contribution in [3.05, 3.63) is 38.3 Å². The highest BCUT2D eigenvalue weighted by atomic mass is 79.9. The van der Waals surface area contributed by atoms with Crippen LogP contribution in [0.15, 0.2) is 27.2 Å².